The van der Waals surface area contributed by atoms with E-state index in [4.69, 9.17) is 4.74 Å². The molecule has 0 bridgehead atoms. The van der Waals surface area contributed by atoms with Crippen molar-refractivity contribution in [2.75, 3.05) is 26.2 Å². The lowest BCUT2D eigenvalue weighted by molar-refractivity contribution is -0.0877. The van der Waals surface area contributed by atoms with E-state index in [2.05, 4.69) is 27.8 Å². The first kappa shape index (κ1) is 15.0. The Bertz CT molecular complexity index is 397. The van der Waals surface area contributed by atoms with Gasteiger partial charge in [-0.1, -0.05) is 41.1 Å². The fourth-order valence-corrected chi connectivity index (χ4v) is 2.95. The first-order chi connectivity index (χ1) is 9.20. The van der Waals surface area contributed by atoms with Crippen molar-refractivity contribution in [2.45, 2.75) is 32.0 Å². The Balaban J connectivity index is 1.92. The minimum atomic E-state index is -0.446. The maximum absolute atomic E-state index is 10.4. The van der Waals surface area contributed by atoms with Crippen LogP contribution in [-0.2, 0) is 11.2 Å². The Hall–Kier alpha value is -0.420. The summed E-state index contributed by atoms with van der Waals surface area (Å²) in [6, 6.07) is 8.03. The molecule has 0 aromatic heterocycles. The highest BCUT2D eigenvalue weighted by Gasteiger charge is 2.26. The minimum Gasteiger partial charge on any atom is -0.390 e. The van der Waals surface area contributed by atoms with Crippen molar-refractivity contribution in [1.82, 2.24) is 4.90 Å². The molecular weight excluding hydrogens is 306 g/mol. The normalized spacial score (nSPS) is 22.4. The van der Waals surface area contributed by atoms with Crippen LogP contribution in [0.5, 0.6) is 0 Å². The Morgan fingerprint density at radius 1 is 1.47 bits per heavy atom. The zero-order chi connectivity index (χ0) is 13.7. The van der Waals surface area contributed by atoms with Crippen LogP contribution in [0.25, 0.3) is 0 Å². The number of rotatable bonds is 5. The Morgan fingerprint density at radius 3 is 3.00 bits per heavy atom. The number of nitrogens with zero attached hydrogens (tertiary/aromatic N) is 1. The number of hydrogen-bond acceptors (Lipinski definition) is 3. The first-order valence-corrected chi connectivity index (χ1v) is 7.75. The molecule has 106 valence electrons. The zero-order valence-corrected chi connectivity index (χ0v) is 13.0. The van der Waals surface area contributed by atoms with Crippen LogP contribution < -0.4 is 0 Å². The number of ether oxygens (including phenoxy) is 1. The molecule has 1 N–H and O–H groups in total. The third-order valence-corrected chi connectivity index (χ3v) is 4.31. The summed E-state index contributed by atoms with van der Waals surface area (Å²) in [6.07, 6.45) is 1.25. The summed E-state index contributed by atoms with van der Waals surface area (Å²) >= 11 is 3.52. The van der Waals surface area contributed by atoms with E-state index >= 15 is 0 Å². The van der Waals surface area contributed by atoms with Crippen LogP contribution in [0.2, 0.25) is 0 Å². The second-order valence-electron chi connectivity index (χ2n) is 5.07. The average molecular weight is 328 g/mol. The lowest BCUT2D eigenvalue weighted by Gasteiger charge is -2.35. The molecule has 1 aromatic carbocycles. The van der Waals surface area contributed by atoms with E-state index in [1.165, 1.54) is 0 Å². The van der Waals surface area contributed by atoms with Gasteiger partial charge < -0.3 is 9.84 Å². The molecule has 1 saturated heterocycles. The molecular formula is C15H22BrNO2. The highest BCUT2D eigenvalue weighted by atomic mass is 79.9. The molecule has 0 radical (unpaired) electrons. The van der Waals surface area contributed by atoms with Gasteiger partial charge >= 0.3 is 0 Å². The molecule has 1 aromatic rings. The summed E-state index contributed by atoms with van der Waals surface area (Å²) in [5, 5.41) is 10.4. The van der Waals surface area contributed by atoms with E-state index in [1.54, 1.807) is 0 Å². The second-order valence-corrected chi connectivity index (χ2v) is 5.93. The third kappa shape index (κ3) is 4.28. The van der Waals surface area contributed by atoms with E-state index in [-0.39, 0.29) is 6.10 Å². The van der Waals surface area contributed by atoms with Gasteiger partial charge in [-0.15, -0.1) is 0 Å². The molecule has 2 atom stereocenters. The number of aliphatic hydroxyl groups excluding tert-OH is 1. The maximum atomic E-state index is 10.4. The van der Waals surface area contributed by atoms with Crippen molar-refractivity contribution in [3.8, 4) is 0 Å². The molecule has 1 fully saturated rings. The molecule has 19 heavy (non-hydrogen) atoms. The Morgan fingerprint density at radius 2 is 2.26 bits per heavy atom. The Labute approximate surface area is 123 Å². The topological polar surface area (TPSA) is 32.7 Å². The fourth-order valence-electron chi connectivity index (χ4n) is 2.50. The number of hydrogen-bond donors (Lipinski definition) is 1. The van der Waals surface area contributed by atoms with Crippen molar-refractivity contribution in [3.63, 3.8) is 0 Å². The fraction of sp³-hybridized carbons (Fsp3) is 0.600. The predicted octanol–water partition coefficient (Wildman–Crippen LogP) is 2.46. The second kappa shape index (κ2) is 7.39. The molecule has 2 unspecified atom stereocenters. The van der Waals surface area contributed by atoms with Gasteiger partial charge in [0.05, 0.1) is 18.8 Å². The van der Waals surface area contributed by atoms with Gasteiger partial charge in [0.25, 0.3) is 0 Å². The molecule has 0 amide bonds. The molecule has 2 rings (SSSR count). The average Bonchev–Trinajstić information content (AvgIpc) is 2.42. The van der Waals surface area contributed by atoms with Crippen LogP contribution >= 0.6 is 15.9 Å². The van der Waals surface area contributed by atoms with E-state index in [0.29, 0.717) is 6.42 Å². The zero-order valence-electron chi connectivity index (χ0n) is 11.4. The quantitative estimate of drug-likeness (QED) is 0.901. The predicted molar refractivity (Wildman–Crippen MR) is 80.3 cm³/mol. The minimum absolute atomic E-state index is 0.0765. The van der Waals surface area contributed by atoms with E-state index in [9.17, 15) is 5.11 Å². The molecule has 1 aliphatic rings. The molecule has 3 nitrogen and oxygen atoms in total. The van der Waals surface area contributed by atoms with Crippen molar-refractivity contribution < 1.29 is 9.84 Å². The molecule has 1 aliphatic heterocycles. The standard InChI is InChI=1S/C15H22BrNO2/c1-2-7-17-8-9-19-15(11-17)14(18)10-12-5-3-4-6-13(12)16/h3-6,14-15,18H,2,7-11H2,1H3. The largest absolute Gasteiger partial charge is 0.390 e. The number of benzene rings is 1. The molecule has 0 aliphatic carbocycles. The van der Waals surface area contributed by atoms with Crippen LogP contribution in [0, 0.1) is 0 Å². The van der Waals surface area contributed by atoms with Crippen molar-refractivity contribution in [2.24, 2.45) is 0 Å². The summed E-state index contributed by atoms with van der Waals surface area (Å²) in [5.41, 5.74) is 1.13. The van der Waals surface area contributed by atoms with Gasteiger partial charge in [0.2, 0.25) is 0 Å². The summed E-state index contributed by atoms with van der Waals surface area (Å²) in [5.74, 6) is 0. The van der Waals surface area contributed by atoms with Gasteiger partial charge in [-0.05, 0) is 24.6 Å². The SMILES string of the molecule is CCCN1CCOC(C(O)Cc2ccccc2Br)C1. The van der Waals surface area contributed by atoms with Gasteiger partial charge in [-0.3, -0.25) is 4.90 Å². The van der Waals surface area contributed by atoms with Crippen LogP contribution in [0.3, 0.4) is 0 Å². The highest BCUT2D eigenvalue weighted by Crippen LogP contribution is 2.20. The van der Waals surface area contributed by atoms with Gasteiger partial charge in [0, 0.05) is 24.0 Å². The van der Waals surface area contributed by atoms with Gasteiger partial charge in [0.15, 0.2) is 0 Å². The summed E-state index contributed by atoms with van der Waals surface area (Å²) in [6.45, 7) is 5.80. The van der Waals surface area contributed by atoms with Crippen LogP contribution in [-0.4, -0.2) is 48.5 Å². The summed E-state index contributed by atoms with van der Waals surface area (Å²) < 4.78 is 6.77. The smallest absolute Gasteiger partial charge is 0.0964 e. The van der Waals surface area contributed by atoms with E-state index in [1.807, 2.05) is 24.3 Å². The molecule has 4 heteroatoms. The van der Waals surface area contributed by atoms with Crippen molar-refractivity contribution >= 4 is 15.9 Å². The van der Waals surface area contributed by atoms with E-state index in [0.717, 1.165) is 42.7 Å². The molecule has 0 spiro atoms. The lowest BCUT2D eigenvalue weighted by Crippen LogP contribution is -2.48. The van der Waals surface area contributed by atoms with Gasteiger partial charge in [-0.25, -0.2) is 0 Å². The molecule has 0 saturated carbocycles. The molecule has 1 heterocycles. The number of aliphatic hydroxyl groups is 1. The van der Waals surface area contributed by atoms with Crippen LogP contribution in [0.15, 0.2) is 28.7 Å². The van der Waals surface area contributed by atoms with Crippen LogP contribution in [0.4, 0.5) is 0 Å². The van der Waals surface area contributed by atoms with Crippen LogP contribution in [0.1, 0.15) is 18.9 Å². The van der Waals surface area contributed by atoms with Crippen molar-refractivity contribution in [1.29, 1.82) is 0 Å². The highest BCUT2D eigenvalue weighted by molar-refractivity contribution is 9.10. The number of morpholine rings is 1. The lowest BCUT2D eigenvalue weighted by atomic mass is 10.0. The first-order valence-electron chi connectivity index (χ1n) is 6.96. The summed E-state index contributed by atoms with van der Waals surface area (Å²) in [7, 11) is 0. The monoisotopic (exact) mass is 327 g/mol. The van der Waals surface area contributed by atoms with E-state index < -0.39 is 6.10 Å². The Kier molecular flexibility index (Phi) is 5.82. The van der Waals surface area contributed by atoms with Crippen molar-refractivity contribution in [3.05, 3.63) is 34.3 Å². The van der Waals surface area contributed by atoms with Gasteiger partial charge in [-0.2, -0.15) is 0 Å². The maximum Gasteiger partial charge on any atom is 0.0964 e. The summed E-state index contributed by atoms with van der Waals surface area (Å²) in [4.78, 5) is 2.37. The van der Waals surface area contributed by atoms with Gasteiger partial charge in [0.1, 0.15) is 0 Å². The third-order valence-electron chi connectivity index (χ3n) is 3.53. The number of halogens is 1.